The van der Waals surface area contributed by atoms with Gasteiger partial charge in [-0.15, -0.1) is 0 Å². The third-order valence-corrected chi connectivity index (χ3v) is 6.63. The standard InChI is InChI=1S/C27H36N2O4/c1-21-6-9-23(10-7-21)27(30)29-13-4-3-5-24(29)12-16-33-26-19-22(8-11-25(26)31-2)20-28-14-17-32-18-15-28/h6-11,19,24H,3-5,12-18,20H2,1-2H3. The Morgan fingerprint density at radius 1 is 1.03 bits per heavy atom. The smallest absolute Gasteiger partial charge is 0.254 e. The van der Waals surface area contributed by atoms with Crippen molar-refractivity contribution in [3.05, 3.63) is 59.2 Å². The number of aryl methyl sites for hydroxylation is 1. The number of methoxy groups -OCH3 is 1. The molecule has 0 N–H and O–H groups in total. The van der Waals surface area contributed by atoms with Crippen LogP contribution in [-0.2, 0) is 11.3 Å². The van der Waals surface area contributed by atoms with Crippen molar-refractivity contribution >= 4 is 5.91 Å². The first-order valence-corrected chi connectivity index (χ1v) is 12.1. The van der Waals surface area contributed by atoms with Gasteiger partial charge in [-0.05, 0) is 56.0 Å². The van der Waals surface area contributed by atoms with E-state index in [1.807, 2.05) is 42.2 Å². The third kappa shape index (κ3) is 6.27. The van der Waals surface area contributed by atoms with Crippen molar-refractivity contribution in [3.63, 3.8) is 0 Å². The van der Waals surface area contributed by atoms with Crippen LogP contribution in [0.3, 0.4) is 0 Å². The number of morpholine rings is 1. The van der Waals surface area contributed by atoms with Crippen LogP contribution in [0.25, 0.3) is 0 Å². The van der Waals surface area contributed by atoms with Gasteiger partial charge in [-0.3, -0.25) is 9.69 Å². The van der Waals surface area contributed by atoms with Crippen LogP contribution >= 0.6 is 0 Å². The molecule has 4 rings (SSSR count). The lowest BCUT2D eigenvalue weighted by molar-refractivity contribution is 0.0341. The van der Waals surface area contributed by atoms with Crippen molar-refractivity contribution in [1.29, 1.82) is 0 Å². The van der Waals surface area contributed by atoms with E-state index in [9.17, 15) is 4.79 Å². The third-order valence-electron chi connectivity index (χ3n) is 6.63. The van der Waals surface area contributed by atoms with Crippen molar-refractivity contribution < 1.29 is 19.0 Å². The molecule has 33 heavy (non-hydrogen) atoms. The Labute approximate surface area is 197 Å². The second-order valence-corrected chi connectivity index (χ2v) is 9.03. The molecule has 6 nitrogen and oxygen atoms in total. The monoisotopic (exact) mass is 452 g/mol. The number of piperidine rings is 1. The van der Waals surface area contributed by atoms with Crippen LogP contribution < -0.4 is 9.47 Å². The Bertz CT molecular complexity index is 909. The van der Waals surface area contributed by atoms with Crippen molar-refractivity contribution in [2.45, 2.75) is 45.2 Å². The molecule has 0 radical (unpaired) electrons. The topological polar surface area (TPSA) is 51.2 Å². The Hall–Kier alpha value is -2.57. The van der Waals surface area contributed by atoms with E-state index < -0.39 is 0 Å². The molecule has 178 valence electrons. The van der Waals surface area contributed by atoms with E-state index in [-0.39, 0.29) is 11.9 Å². The van der Waals surface area contributed by atoms with Crippen LogP contribution in [0.2, 0.25) is 0 Å². The maximum Gasteiger partial charge on any atom is 0.254 e. The molecule has 2 aromatic carbocycles. The van der Waals surface area contributed by atoms with E-state index in [0.717, 1.165) is 82.1 Å². The average Bonchev–Trinajstić information content (AvgIpc) is 2.85. The summed E-state index contributed by atoms with van der Waals surface area (Å²) in [7, 11) is 1.67. The quantitative estimate of drug-likeness (QED) is 0.598. The van der Waals surface area contributed by atoms with Crippen LogP contribution in [0.5, 0.6) is 11.5 Å². The molecule has 1 amide bonds. The Kier molecular flexibility index (Phi) is 8.24. The fourth-order valence-electron chi connectivity index (χ4n) is 4.68. The van der Waals surface area contributed by atoms with Gasteiger partial charge in [0.25, 0.3) is 5.91 Å². The van der Waals surface area contributed by atoms with Gasteiger partial charge < -0.3 is 19.1 Å². The summed E-state index contributed by atoms with van der Waals surface area (Å²) in [5, 5.41) is 0. The van der Waals surface area contributed by atoms with Crippen LogP contribution in [-0.4, -0.2) is 68.3 Å². The molecule has 0 aromatic heterocycles. The average molecular weight is 453 g/mol. The lowest BCUT2D eigenvalue weighted by atomic mass is 9.98. The summed E-state index contributed by atoms with van der Waals surface area (Å²) < 4.78 is 17.2. The van der Waals surface area contributed by atoms with E-state index >= 15 is 0 Å². The Morgan fingerprint density at radius 3 is 2.58 bits per heavy atom. The Morgan fingerprint density at radius 2 is 1.82 bits per heavy atom. The molecule has 0 saturated carbocycles. The van der Waals surface area contributed by atoms with E-state index in [1.165, 1.54) is 11.1 Å². The maximum absolute atomic E-state index is 13.1. The lowest BCUT2D eigenvalue weighted by Gasteiger charge is -2.36. The number of ether oxygens (including phenoxy) is 3. The SMILES string of the molecule is COc1ccc(CN2CCOCC2)cc1OCCC1CCCCN1C(=O)c1ccc(C)cc1. The van der Waals surface area contributed by atoms with E-state index in [0.29, 0.717) is 6.61 Å². The summed E-state index contributed by atoms with van der Waals surface area (Å²) in [6.07, 6.45) is 4.05. The number of hydrogen-bond donors (Lipinski definition) is 0. The molecule has 2 saturated heterocycles. The first kappa shape index (κ1) is 23.6. The van der Waals surface area contributed by atoms with Crippen LogP contribution in [0.4, 0.5) is 0 Å². The number of rotatable bonds is 8. The van der Waals surface area contributed by atoms with Crippen molar-refractivity contribution in [2.24, 2.45) is 0 Å². The number of amides is 1. The summed E-state index contributed by atoms with van der Waals surface area (Å²) in [5.74, 6) is 1.65. The zero-order valence-electron chi connectivity index (χ0n) is 19.9. The minimum Gasteiger partial charge on any atom is -0.493 e. The highest BCUT2D eigenvalue weighted by Crippen LogP contribution is 2.30. The number of hydrogen-bond acceptors (Lipinski definition) is 5. The van der Waals surface area contributed by atoms with Gasteiger partial charge in [-0.2, -0.15) is 0 Å². The van der Waals surface area contributed by atoms with Crippen molar-refractivity contribution in [3.8, 4) is 11.5 Å². The van der Waals surface area contributed by atoms with Crippen LogP contribution in [0, 0.1) is 6.92 Å². The molecule has 2 aliphatic heterocycles. The fourth-order valence-corrected chi connectivity index (χ4v) is 4.68. The number of nitrogens with zero attached hydrogens (tertiary/aromatic N) is 2. The first-order chi connectivity index (χ1) is 16.1. The van der Waals surface area contributed by atoms with Gasteiger partial charge in [0.2, 0.25) is 0 Å². The molecule has 2 aromatic rings. The summed E-state index contributed by atoms with van der Waals surface area (Å²) in [6, 6.07) is 14.3. The zero-order chi connectivity index (χ0) is 23.0. The number of carbonyl (C=O) groups excluding carboxylic acids is 1. The van der Waals surface area contributed by atoms with Crippen molar-refractivity contribution in [1.82, 2.24) is 9.80 Å². The largest absolute Gasteiger partial charge is 0.493 e. The van der Waals surface area contributed by atoms with Crippen molar-refractivity contribution in [2.75, 3.05) is 46.6 Å². The van der Waals surface area contributed by atoms with Gasteiger partial charge in [0.15, 0.2) is 11.5 Å². The van der Waals surface area contributed by atoms with Gasteiger partial charge in [0, 0.05) is 44.2 Å². The second-order valence-electron chi connectivity index (χ2n) is 9.03. The summed E-state index contributed by atoms with van der Waals surface area (Å²) in [5.41, 5.74) is 3.15. The fraction of sp³-hybridized carbons (Fsp3) is 0.519. The van der Waals surface area contributed by atoms with E-state index in [2.05, 4.69) is 17.0 Å². The molecule has 0 spiro atoms. The summed E-state index contributed by atoms with van der Waals surface area (Å²) >= 11 is 0. The molecule has 0 aliphatic carbocycles. The van der Waals surface area contributed by atoms with Gasteiger partial charge in [0.1, 0.15) is 0 Å². The summed E-state index contributed by atoms with van der Waals surface area (Å²) in [6.45, 7) is 7.78. The highest BCUT2D eigenvalue weighted by Gasteiger charge is 2.27. The predicted octanol–water partition coefficient (Wildman–Crippen LogP) is 4.30. The maximum atomic E-state index is 13.1. The first-order valence-electron chi connectivity index (χ1n) is 12.1. The highest BCUT2D eigenvalue weighted by atomic mass is 16.5. The summed E-state index contributed by atoms with van der Waals surface area (Å²) in [4.78, 5) is 17.6. The predicted molar refractivity (Wildman–Crippen MR) is 129 cm³/mol. The van der Waals surface area contributed by atoms with Crippen LogP contribution in [0.1, 0.15) is 47.2 Å². The molecule has 2 heterocycles. The van der Waals surface area contributed by atoms with E-state index in [1.54, 1.807) is 7.11 Å². The minimum absolute atomic E-state index is 0.129. The number of carbonyl (C=O) groups is 1. The second kappa shape index (κ2) is 11.5. The lowest BCUT2D eigenvalue weighted by Crippen LogP contribution is -2.44. The molecular formula is C27H36N2O4. The van der Waals surface area contributed by atoms with Crippen LogP contribution in [0.15, 0.2) is 42.5 Å². The highest BCUT2D eigenvalue weighted by molar-refractivity contribution is 5.94. The van der Waals surface area contributed by atoms with Gasteiger partial charge >= 0.3 is 0 Å². The number of likely N-dealkylation sites (tertiary alicyclic amines) is 1. The molecule has 0 bridgehead atoms. The Balaban J connectivity index is 1.37. The number of benzene rings is 2. The van der Waals surface area contributed by atoms with E-state index in [4.69, 9.17) is 14.2 Å². The normalized spacial score (nSPS) is 19.3. The molecule has 2 aliphatic rings. The minimum atomic E-state index is 0.129. The molecule has 6 heteroatoms. The van der Waals surface area contributed by atoms with Gasteiger partial charge in [-0.1, -0.05) is 23.8 Å². The molecule has 2 fully saturated rings. The molecule has 1 unspecified atom stereocenters. The zero-order valence-corrected chi connectivity index (χ0v) is 19.9. The van der Waals surface area contributed by atoms with Gasteiger partial charge in [-0.25, -0.2) is 0 Å². The van der Waals surface area contributed by atoms with Gasteiger partial charge in [0.05, 0.1) is 26.9 Å². The molecule has 1 atom stereocenters. The molecular weight excluding hydrogens is 416 g/mol.